The number of nitro groups is 1. The van der Waals surface area contributed by atoms with Crippen LogP contribution in [0.5, 0.6) is 0 Å². The molecule has 1 saturated heterocycles. The van der Waals surface area contributed by atoms with Crippen molar-refractivity contribution in [2.75, 3.05) is 19.6 Å². The first kappa shape index (κ1) is 29.6. The van der Waals surface area contributed by atoms with Gasteiger partial charge in [-0.3, -0.25) is 19.8 Å². The van der Waals surface area contributed by atoms with Crippen LogP contribution < -0.4 is 5.32 Å². The van der Waals surface area contributed by atoms with Gasteiger partial charge in [0.15, 0.2) is 0 Å². The molecule has 210 valence electrons. The Morgan fingerprint density at radius 1 is 1.05 bits per heavy atom. The van der Waals surface area contributed by atoms with Gasteiger partial charge in [-0.2, -0.15) is 4.98 Å². The van der Waals surface area contributed by atoms with Gasteiger partial charge in [0.05, 0.1) is 4.92 Å². The standard InChI is InChI=1S/C23H25N5O4.C4H4O4/c29-22(21-25-23(32-26-21)19-7-4-8-20(15-19)28(30)31)24-12-9-17-10-13-27(14-11-17)16-18-5-2-1-3-6-18;5-3(6)1-2-4(7)8/h1-8,15,17H,9-14,16H2,(H,24,29);1-2H,(H,5,6)(H,7,8). The number of carboxylic acids is 2. The maximum Gasteiger partial charge on any atom is 0.328 e. The first-order chi connectivity index (χ1) is 19.2. The van der Waals surface area contributed by atoms with Crippen LogP contribution in [0.1, 0.15) is 35.4 Å². The Morgan fingerprint density at radius 3 is 2.35 bits per heavy atom. The number of rotatable bonds is 10. The first-order valence-corrected chi connectivity index (χ1v) is 12.5. The van der Waals surface area contributed by atoms with E-state index in [1.54, 1.807) is 6.07 Å². The molecular weight excluding hydrogens is 522 g/mol. The molecule has 1 aliphatic heterocycles. The lowest BCUT2D eigenvalue weighted by Gasteiger charge is -2.32. The molecule has 1 aliphatic rings. The molecule has 0 aliphatic carbocycles. The van der Waals surface area contributed by atoms with Gasteiger partial charge in [0.25, 0.3) is 23.3 Å². The van der Waals surface area contributed by atoms with E-state index in [1.807, 2.05) is 6.07 Å². The number of hydrogen-bond donors (Lipinski definition) is 3. The zero-order valence-corrected chi connectivity index (χ0v) is 21.5. The SMILES string of the molecule is O=C(NCCC1CCN(Cc2ccccc2)CC1)c1noc(-c2cccc([N+](=O)[O-])c2)n1.O=C(O)C=CC(=O)O. The van der Waals surface area contributed by atoms with Crippen molar-refractivity contribution in [3.8, 4) is 11.5 Å². The molecular formula is C27H29N5O8. The molecule has 1 fully saturated rings. The van der Waals surface area contributed by atoms with Gasteiger partial charge in [-0.25, -0.2) is 9.59 Å². The second-order valence-electron chi connectivity index (χ2n) is 8.99. The van der Waals surface area contributed by atoms with Crippen LogP contribution in [0.4, 0.5) is 5.69 Å². The van der Waals surface area contributed by atoms with Crippen molar-refractivity contribution in [2.24, 2.45) is 5.92 Å². The van der Waals surface area contributed by atoms with E-state index in [1.165, 1.54) is 23.8 Å². The van der Waals surface area contributed by atoms with Crippen molar-refractivity contribution in [3.63, 3.8) is 0 Å². The van der Waals surface area contributed by atoms with Crippen LogP contribution in [0.2, 0.25) is 0 Å². The normalized spacial score (nSPS) is 13.8. The third kappa shape index (κ3) is 9.76. The third-order valence-electron chi connectivity index (χ3n) is 6.10. The van der Waals surface area contributed by atoms with Crippen LogP contribution in [0, 0.1) is 16.0 Å². The second kappa shape index (κ2) is 14.9. The van der Waals surface area contributed by atoms with Crippen molar-refractivity contribution in [3.05, 3.63) is 88.3 Å². The van der Waals surface area contributed by atoms with Crippen LogP contribution in [-0.4, -0.2) is 67.7 Å². The molecule has 0 radical (unpaired) electrons. The van der Waals surface area contributed by atoms with Gasteiger partial charge in [-0.05, 0) is 49.9 Å². The first-order valence-electron chi connectivity index (χ1n) is 12.5. The number of nitro benzene ring substituents is 1. The van der Waals surface area contributed by atoms with E-state index in [-0.39, 0.29) is 17.4 Å². The van der Waals surface area contributed by atoms with E-state index in [0.717, 1.165) is 38.9 Å². The number of carboxylic acid groups (broad SMARTS) is 2. The molecule has 13 nitrogen and oxygen atoms in total. The van der Waals surface area contributed by atoms with Gasteiger partial charge < -0.3 is 20.1 Å². The Labute approximate surface area is 229 Å². The Balaban J connectivity index is 0.000000482. The molecule has 2 aromatic carbocycles. The zero-order valence-electron chi connectivity index (χ0n) is 21.5. The van der Waals surface area contributed by atoms with E-state index in [4.69, 9.17) is 14.7 Å². The molecule has 13 heteroatoms. The summed E-state index contributed by atoms with van der Waals surface area (Å²) in [6.07, 6.45) is 4.24. The highest BCUT2D eigenvalue weighted by Gasteiger charge is 2.21. The van der Waals surface area contributed by atoms with Gasteiger partial charge in [0, 0.05) is 42.9 Å². The minimum absolute atomic E-state index is 0.0737. The Bertz CT molecular complexity index is 1320. The van der Waals surface area contributed by atoms with Crippen LogP contribution in [0.25, 0.3) is 11.5 Å². The van der Waals surface area contributed by atoms with Crippen LogP contribution in [0.15, 0.2) is 71.3 Å². The maximum atomic E-state index is 12.3. The highest BCUT2D eigenvalue weighted by atomic mass is 16.6. The van der Waals surface area contributed by atoms with Crippen LogP contribution >= 0.6 is 0 Å². The molecule has 0 unspecified atom stereocenters. The summed E-state index contributed by atoms with van der Waals surface area (Å²) in [5, 5.41) is 33.1. The van der Waals surface area contributed by atoms with Crippen molar-refractivity contribution in [1.29, 1.82) is 0 Å². The number of nitrogens with one attached hydrogen (secondary N) is 1. The molecule has 3 aromatic rings. The van der Waals surface area contributed by atoms with E-state index in [2.05, 4.69) is 44.6 Å². The zero-order chi connectivity index (χ0) is 28.9. The van der Waals surface area contributed by atoms with Crippen molar-refractivity contribution in [2.45, 2.75) is 25.8 Å². The summed E-state index contributed by atoms with van der Waals surface area (Å²) < 4.78 is 5.11. The molecule has 1 aromatic heterocycles. The van der Waals surface area contributed by atoms with E-state index in [0.29, 0.717) is 30.2 Å². The molecule has 2 heterocycles. The molecule has 0 atom stereocenters. The summed E-state index contributed by atoms with van der Waals surface area (Å²) in [5.41, 5.74) is 1.65. The fourth-order valence-electron chi connectivity index (χ4n) is 4.07. The molecule has 0 saturated carbocycles. The van der Waals surface area contributed by atoms with Crippen LogP contribution in [-0.2, 0) is 16.1 Å². The predicted octanol–water partition coefficient (Wildman–Crippen LogP) is 3.39. The van der Waals surface area contributed by atoms with E-state index in [9.17, 15) is 24.5 Å². The highest BCUT2D eigenvalue weighted by molar-refractivity contribution is 5.90. The average molecular weight is 552 g/mol. The monoisotopic (exact) mass is 551 g/mol. The van der Waals surface area contributed by atoms with Gasteiger partial charge in [0.1, 0.15) is 0 Å². The quantitative estimate of drug-likeness (QED) is 0.190. The number of hydrogen-bond acceptors (Lipinski definition) is 9. The number of aromatic nitrogens is 2. The summed E-state index contributed by atoms with van der Waals surface area (Å²) in [4.78, 5) is 48.4. The minimum Gasteiger partial charge on any atom is -0.478 e. The summed E-state index contributed by atoms with van der Waals surface area (Å²) >= 11 is 0. The molecule has 3 N–H and O–H groups in total. The molecule has 0 bridgehead atoms. The summed E-state index contributed by atoms with van der Waals surface area (Å²) in [6.45, 7) is 3.65. The van der Waals surface area contributed by atoms with Crippen molar-refractivity contribution < 1.29 is 34.0 Å². The van der Waals surface area contributed by atoms with Gasteiger partial charge in [0.2, 0.25) is 0 Å². The van der Waals surface area contributed by atoms with E-state index < -0.39 is 22.8 Å². The predicted molar refractivity (Wildman–Crippen MR) is 142 cm³/mol. The van der Waals surface area contributed by atoms with E-state index >= 15 is 0 Å². The Morgan fingerprint density at radius 2 is 1.73 bits per heavy atom. The van der Waals surface area contributed by atoms with Crippen LogP contribution in [0.3, 0.4) is 0 Å². The topological polar surface area (TPSA) is 189 Å². The smallest absolute Gasteiger partial charge is 0.328 e. The largest absolute Gasteiger partial charge is 0.478 e. The number of piperidine rings is 1. The lowest BCUT2D eigenvalue weighted by molar-refractivity contribution is -0.384. The van der Waals surface area contributed by atoms with Gasteiger partial charge in [-0.1, -0.05) is 41.6 Å². The number of carbonyl (C=O) groups excluding carboxylic acids is 1. The Hall–Kier alpha value is -4.91. The third-order valence-corrected chi connectivity index (χ3v) is 6.10. The second-order valence-corrected chi connectivity index (χ2v) is 8.99. The summed E-state index contributed by atoms with van der Waals surface area (Å²) in [6, 6.07) is 16.3. The number of carbonyl (C=O) groups is 3. The number of amides is 1. The summed E-state index contributed by atoms with van der Waals surface area (Å²) in [5.74, 6) is -2.35. The average Bonchev–Trinajstić information content (AvgIpc) is 3.45. The number of non-ortho nitro benzene ring substituents is 1. The Kier molecular flexibility index (Phi) is 11.0. The van der Waals surface area contributed by atoms with Crippen molar-refractivity contribution in [1.82, 2.24) is 20.4 Å². The lowest BCUT2D eigenvalue weighted by Crippen LogP contribution is -2.35. The molecule has 40 heavy (non-hydrogen) atoms. The highest BCUT2D eigenvalue weighted by Crippen LogP contribution is 2.23. The summed E-state index contributed by atoms with van der Waals surface area (Å²) in [7, 11) is 0. The minimum atomic E-state index is -1.26. The fourth-order valence-corrected chi connectivity index (χ4v) is 4.07. The number of nitrogens with zero attached hydrogens (tertiary/aromatic N) is 4. The number of benzene rings is 2. The van der Waals surface area contributed by atoms with Crippen molar-refractivity contribution >= 4 is 23.5 Å². The maximum absolute atomic E-state index is 12.3. The van der Waals surface area contributed by atoms with Gasteiger partial charge >= 0.3 is 11.9 Å². The number of aliphatic carboxylic acids is 2. The van der Waals surface area contributed by atoms with Gasteiger partial charge in [-0.15, -0.1) is 0 Å². The lowest BCUT2D eigenvalue weighted by atomic mass is 9.93. The number of likely N-dealkylation sites (tertiary alicyclic amines) is 1. The molecule has 0 spiro atoms. The molecule has 4 rings (SSSR count). The fraction of sp³-hybridized carbons (Fsp3) is 0.296. The molecule has 1 amide bonds.